The van der Waals surface area contributed by atoms with Crippen LogP contribution in [-0.2, 0) is 19.0 Å². The van der Waals surface area contributed by atoms with E-state index in [1.165, 1.54) is 6.08 Å². The SMILES string of the molecule is C=CCC(O)(CCOS(=O)(=O)C(=C)CCC(=C)C)OCC. The van der Waals surface area contributed by atoms with Gasteiger partial charge in [0.25, 0.3) is 10.1 Å². The van der Waals surface area contributed by atoms with Crippen LogP contribution < -0.4 is 0 Å². The van der Waals surface area contributed by atoms with Gasteiger partial charge in [0.2, 0.25) is 0 Å². The van der Waals surface area contributed by atoms with Crippen LogP contribution in [0.2, 0.25) is 0 Å². The van der Waals surface area contributed by atoms with Crippen LogP contribution in [-0.4, -0.2) is 32.5 Å². The third-order valence-electron chi connectivity index (χ3n) is 2.79. The molecule has 6 heteroatoms. The first kappa shape index (κ1) is 20.1. The van der Waals surface area contributed by atoms with Crippen molar-refractivity contribution in [2.24, 2.45) is 0 Å². The molecule has 0 saturated carbocycles. The highest BCUT2D eigenvalue weighted by molar-refractivity contribution is 7.90. The van der Waals surface area contributed by atoms with Gasteiger partial charge in [0.1, 0.15) is 0 Å². The summed E-state index contributed by atoms with van der Waals surface area (Å²) < 4.78 is 33.8. The average Bonchev–Trinajstić information content (AvgIpc) is 2.35. The molecule has 0 radical (unpaired) electrons. The summed E-state index contributed by atoms with van der Waals surface area (Å²) in [5, 5.41) is 10.1. The summed E-state index contributed by atoms with van der Waals surface area (Å²) in [5.74, 6) is -1.45. The summed E-state index contributed by atoms with van der Waals surface area (Å²) in [6.07, 6.45) is 2.55. The lowest BCUT2D eigenvalue weighted by molar-refractivity contribution is -0.204. The minimum atomic E-state index is -3.84. The summed E-state index contributed by atoms with van der Waals surface area (Å²) >= 11 is 0. The third kappa shape index (κ3) is 8.16. The predicted molar refractivity (Wildman–Crippen MR) is 84.1 cm³/mol. The number of aliphatic hydroxyl groups is 1. The molecule has 0 rings (SSSR count). The van der Waals surface area contributed by atoms with E-state index >= 15 is 0 Å². The van der Waals surface area contributed by atoms with Crippen molar-refractivity contribution in [3.63, 3.8) is 0 Å². The highest BCUT2D eigenvalue weighted by Crippen LogP contribution is 2.21. The summed E-state index contributed by atoms with van der Waals surface area (Å²) in [6.45, 7) is 14.4. The van der Waals surface area contributed by atoms with Crippen LogP contribution in [0.1, 0.15) is 39.5 Å². The van der Waals surface area contributed by atoms with Gasteiger partial charge in [-0.1, -0.05) is 18.2 Å². The maximum Gasteiger partial charge on any atom is 0.292 e. The number of allylic oxidation sites excluding steroid dienone is 2. The molecular weight excluding hydrogens is 292 g/mol. The molecule has 0 aliphatic carbocycles. The molecule has 1 atom stereocenters. The molecule has 0 aromatic heterocycles. The Hall–Kier alpha value is -0.950. The van der Waals surface area contributed by atoms with Gasteiger partial charge in [-0.15, -0.1) is 13.2 Å². The van der Waals surface area contributed by atoms with Crippen LogP contribution in [0.25, 0.3) is 0 Å². The summed E-state index contributed by atoms with van der Waals surface area (Å²) in [4.78, 5) is 0.00849. The van der Waals surface area contributed by atoms with E-state index in [1.54, 1.807) is 6.92 Å². The lowest BCUT2D eigenvalue weighted by Crippen LogP contribution is -2.33. The van der Waals surface area contributed by atoms with Crippen molar-refractivity contribution in [3.05, 3.63) is 36.3 Å². The van der Waals surface area contributed by atoms with Crippen molar-refractivity contribution in [2.45, 2.75) is 45.3 Å². The van der Waals surface area contributed by atoms with Crippen LogP contribution in [0.3, 0.4) is 0 Å². The minimum Gasteiger partial charge on any atom is -0.365 e. The van der Waals surface area contributed by atoms with E-state index in [0.29, 0.717) is 13.0 Å². The quantitative estimate of drug-likeness (QED) is 0.340. The second-order valence-electron chi connectivity index (χ2n) is 4.89. The average molecular weight is 318 g/mol. The van der Waals surface area contributed by atoms with Crippen molar-refractivity contribution in [1.82, 2.24) is 0 Å². The molecule has 0 aromatic rings. The Morgan fingerprint density at radius 1 is 1.33 bits per heavy atom. The standard InChI is InChI=1S/C15H26O5S/c1-6-10-15(16,19-7-2)11-12-20-21(17,18)14(5)9-8-13(3)4/h6,16H,1,3,5,7-12H2,2,4H3. The van der Waals surface area contributed by atoms with Gasteiger partial charge in [-0.05, 0) is 26.7 Å². The second-order valence-corrected chi connectivity index (χ2v) is 6.62. The van der Waals surface area contributed by atoms with E-state index in [-0.39, 0.29) is 30.8 Å². The van der Waals surface area contributed by atoms with E-state index < -0.39 is 15.9 Å². The Labute approximate surface area is 128 Å². The van der Waals surface area contributed by atoms with Gasteiger partial charge < -0.3 is 9.84 Å². The zero-order chi connectivity index (χ0) is 16.5. The Morgan fingerprint density at radius 2 is 1.95 bits per heavy atom. The topological polar surface area (TPSA) is 72.8 Å². The molecule has 0 amide bonds. The van der Waals surface area contributed by atoms with Gasteiger partial charge in [-0.2, -0.15) is 8.42 Å². The first-order valence-corrected chi connectivity index (χ1v) is 8.26. The first-order valence-electron chi connectivity index (χ1n) is 6.85. The Morgan fingerprint density at radius 3 is 2.43 bits per heavy atom. The van der Waals surface area contributed by atoms with Crippen LogP contribution in [0.4, 0.5) is 0 Å². The minimum absolute atomic E-state index is 0.00849. The van der Waals surface area contributed by atoms with Crippen molar-refractivity contribution < 1.29 is 22.4 Å². The van der Waals surface area contributed by atoms with Crippen molar-refractivity contribution in [2.75, 3.05) is 13.2 Å². The van der Waals surface area contributed by atoms with Crippen LogP contribution in [0.5, 0.6) is 0 Å². The van der Waals surface area contributed by atoms with E-state index in [2.05, 4.69) is 19.7 Å². The molecule has 0 bridgehead atoms. The first-order chi connectivity index (χ1) is 9.67. The maximum absolute atomic E-state index is 11.9. The molecule has 0 aliphatic heterocycles. The van der Waals surface area contributed by atoms with Gasteiger partial charge in [-0.3, -0.25) is 4.18 Å². The molecule has 0 saturated heterocycles. The molecule has 5 nitrogen and oxygen atoms in total. The number of ether oxygens (including phenoxy) is 1. The monoisotopic (exact) mass is 318 g/mol. The fourth-order valence-corrected chi connectivity index (χ4v) is 2.42. The smallest absolute Gasteiger partial charge is 0.292 e. The van der Waals surface area contributed by atoms with E-state index in [1.807, 2.05) is 6.92 Å². The van der Waals surface area contributed by atoms with Gasteiger partial charge >= 0.3 is 0 Å². The van der Waals surface area contributed by atoms with Gasteiger partial charge in [-0.25, -0.2) is 0 Å². The van der Waals surface area contributed by atoms with Gasteiger partial charge in [0.05, 0.1) is 11.5 Å². The lowest BCUT2D eigenvalue weighted by atomic mass is 10.1. The summed E-state index contributed by atoms with van der Waals surface area (Å²) in [7, 11) is -3.84. The largest absolute Gasteiger partial charge is 0.365 e. The zero-order valence-corrected chi connectivity index (χ0v) is 13.7. The number of rotatable bonds is 12. The molecule has 0 aliphatic rings. The summed E-state index contributed by atoms with van der Waals surface area (Å²) in [6, 6.07) is 0. The van der Waals surface area contributed by atoms with E-state index in [0.717, 1.165) is 5.57 Å². The van der Waals surface area contributed by atoms with E-state index in [9.17, 15) is 13.5 Å². The van der Waals surface area contributed by atoms with Gasteiger partial charge in [0, 0.05) is 19.4 Å². The van der Waals surface area contributed by atoms with E-state index in [4.69, 9.17) is 8.92 Å². The van der Waals surface area contributed by atoms with Crippen molar-refractivity contribution in [3.8, 4) is 0 Å². The summed E-state index contributed by atoms with van der Waals surface area (Å²) in [5.41, 5.74) is 0.878. The number of hydrogen-bond acceptors (Lipinski definition) is 5. The Bertz CT molecular complexity index is 466. The molecule has 0 spiro atoms. The fraction of sp³-hybridized carbons (Fsp3) is 0.600. The third-order valence-corrected chi connectivity index (χ3v) is 4.18. The van der Waals surface area contributed by atoms with Crippen LogP contribution in [0, 0.1) is 0 Å². The predicted octanol–water partition coefficient (Wildman–Crippen LogP) is 2.89. The van der Waals surface area contributed by atoms with Crippen LogP contribution in [0.15, 0.2) is 36.3 Å². The normalized spacial score (nSPS) is 14.4. The lowest BCUT2D eigenvalue weighted by Gasteiger charge is -2.26. The van der Waals surface area contributed by atoms with Crippen LogP contribution >= 0.6 is 0 Å². The second kappa shape index (κ2) is 9.15. The Kier molecular flexibility index (Phi) is 8.73. The molecule has 1 unspecified atom stereocenters. The molecule has 0 aromatic carbocycles. The zero-order valence-electron chi connectivity index (χ0n) is 12.9. The maximum atomic E-state index is 11.9. The molecule has 122 valence electrons. The highest BCUT2D eigenvalue weighted by atomic mass is 32.2. The molecule has 1 N–H and O–H groups in total. The fourth-order valence-electron chi connectivity index (χ4n) is 1.60. The molecule has 0 fully saturated rings. The molecular formula is C15H26O5S. The van der Waals surface area contributed by atoms with Crippen molar-refractivity contribution >= 4 is 10.1 Å². The molecule has 0 heterocycles. The number of hydrogen-bond donors (Lipinski definition) is 1. The highest BCUT2D eigenvalue weighted by Gasteiger charge is 2.27. The van der Waals surface area contributed by atoms with Crippen molar-refractivity contribution in [1.29, 1.82) is 0 Å². The van der Waals surface area contributed by atoms with Gasteiger partial charge in [0.15, 0.2) is 5.79 Å². The molecule has 21 heavy (non-hydrogen) atoms. The Balaban J connectivity index is 4.45.